The third-order valence-electron chi connectivity index (χ3n) is 6.25. The number of amides is 3. The fourth-order valence-electron chi connectivity index (χ4n) is 4.60. The molecule has 0 bridgehead atoms. The van der Waals surface area contributed by atoms with Crippen molar-refractivity contribution in [3.05, 3.63) is 59.9 Å². The van der Waals surface area contributed by atoms with E-state index in [1.165, 1.54) is 12.1 Å². The van der Waals surface area contributed by atoms with Crippen LogP contribution < -0.4 is 11.1 Å². The van der Waals surface area contributed by atoms with E-state index in [0.717, 1.165) is 21.6 Å². The fraction of sp³-hybridized carbons (Fsp3) is 0.423. The Morgan fingerprint density at radius 3 is 2.03 bits per heavy atom. The maximum absolute atomic E-state index is 13.6. The maximum Gasteiger partial charge on any atom is 0.408 e. The smallest absolute Gasteiger partial charge is 0.408 e. The average molecular weight is 486 g/mol. The van der Waals surface area contributed by atoms with Gasteiger partial charge < -0.3 is 20.9 Å². The zero-order chi connectivity index (χ0) is 25.8. The number of ether oxygens (including phenoxy) is 1. The highest BCUT2D eigenvalue weighted by atomic mass is 19.1. The normalized spacial score (nSPS) is 16.2. The summed E-state index contributed by atoms with van der Waals surface area (Å²) in [6.45, 7) is 5.61. The first kappa shape index (κ1) is 26.2. The summed E-state index contributed by atoms with van der Waals surface area (Å²) in [5.41, 5.74) is 5.84. The van der Waals surface area contributed by atoms with Crippen LogP contribution in [0.1, 0.15) is 39.2 Å². The lowest BCUT2D eigenvalue weighted by Crippen LogP contribution is -2.69. The molecule has 188 valence electrons. The van der Waals surface area contributed by atoms with Gasteiger partial charge in [0.1, 0.15) is 17.4 Å². The number of nitrogens with zero attached hydrogens (tertiary/aromatic N) is 1. The summed E-state index contributed by atoms with van der Waals surface area (Å²) in [6.07, 6.45) is -0.748. The Kier molecular flexibility index (Phi) is 7.80. The molecule has 2 aromatic rings. The number of halogens is 1. The van der Waals surface area contributed by atoms with Gasteiger partial charge >= 0.3 is 6.09 Å². The van der Waals surface area contributed by atoms with E-state index in [2.05, 4.69) is 5.32 Å². The summed E-state index contributed by atoms with van der Waals surface area (Å²) in [4.78, 5) is 39.2. The molecule has 0 spiro atoms. The lowest BCUT2D eigenvalue weighted by Gasteiger charge is -2.49. The van der Waals surface area contributed by atoms with Crippen molar-refractivity contribution in [1.82, 2.24) is 10.2 Å². The van der Waals surface area contributed by atoms with E-state index >= 15 is 0 Å². The van der Waals surface area contributed by atoms with Crippen LogP contribution in [0.5, 0.6) is 0 Å². The lowest BCUT2D eigenvalue weighted by atomic mass is 9.83. The highest BCUT2D eigenvalue weighted by molar-refractivity contribution is 5.94. The van der Waals surface area contributed by atoms with E-state index in [1.807, 2.05) is 24.3 Å². The van der Waals surface area contributed by atoms with Crippen molar-refractivity contribution in [3.8, 4) is 11.1 Å². The van der Waals surface area contributed by atoms with Crippen LogP contribution in [0.2, 0.25) is 0 Å². The number of carboxylic acid groups (broad SMARTS) is 1. The molecular weight excluding hydrogens is 453 g/mol. The van der Waals surface area contributed by atoms with E-state index in [0.29, 0.717) is 0 Å². The van der Waals surface area contributed by atoms with Crippen molar-refractivity contribution < 1.29 is 28.6 Å². The van der Waals surface area contributed by atoms with Crippen LogP contribution in [0.25, 0.3) is 11.1 Å². The van der Waals surface area contributed by atoms with Gasteiger partial charge in [-0.2, -0.15) is 0 Å². The van der Waals surface area contributed by atoms with Crippen LogP contribution in [0.3, 0.4) is 0 Å². The summed E-state index contributed by atoms with van der Waals surface area (Å²) >= 11 is 0. The quantitative estimate of drug-likeness (QED) is 0.555. The predicted octanol–water partition coefficient (Wildman–Crippen LogP) is 3.33. The van der Waals surface area contributed by atoms with Crippen molar-refractivity contribution >= 4 is 17.9 Å². The topological polar surface area (TPSA) is 122 Å². The van der Waals surface area contributed by atoms with Crippen molar-refractivity contribution in [3.63, 3.8) is 0 Å². The molecule has 0 radical (unpaired) electrons. The highest BCUT2D eigenvalue weighted by Gasteiger charge is 2.52. The van der Waals surface area contributed by atoms with E-state index in [-0.39, 0.29) is 38.3 Å². The Labute approximate surface area is 204 Å². The number of rotatable bonds is 7. The summed E-state index contributed by atoms with van der Waals surface area (Å²) in [5.74, 6) is -1.61. The molecule has 1 aliphatic rings. The minimum atomic E-state index is -1.39. The molecule has 1 saturated heterocycles. The molecule has 0 unspecified atom stereocenters. The van der Waals surface area contributed by atoms with Gasteiger partial charge in [0.2, 0.25) is 11.8 Å². The van der Waals surface area contributed by atoms with Gasteiger partial charge in [0.15, 0.2) is 0 Å². The molecular formula is C26H32FN3O5. The second kappa shape index (κ2) is 10.4. The van der Waals surface area contributed by atoms with Gasteiger partial charge in [-0.3, -0.25) is 14.5 Å². The molecule has 2 aromatic carbocycles. The van der Waals surface area contributed by atoms with Crippen molar-refractivity contribution in [1.29, 1.82) is 0 Å². The number of nitrogens with one attached hydrogen (secondary N) is 1. The van der Waals surface area contributed by atoms with Gasteiger partial charge in [-0.25, -0.2) is 9.18 Å². The van der Waals surface area contributed by atoms with Gasteiger partial charge in [0.05, 0.1) is 0 Å². The van der Waals surface area contributed by atoms with Gasteiger partial charge in [0, 0.05) is 38.0 Å². The molecule has 3 amide bonds. The number of carbonyl (C=O) groups is 3. The molecule has 0 aromatic heterocycles. The minimum absolute atomic E-state index is 0.139. The zero-order valence-electron chi connectivity index (χ0n) is 20.2. The first-order valence-corrected chi connectivity index (χ1v) is 11.5. The summed E-state index contributed by atoms with van der Waals surface area (Å²) in [7, 11) is 0. The van der Waals surface area contributed by atoms with Crippen molar-refractivity contribution in [2.45, 2.75) is 57.2 Å². The van der Waals surface area contributed by atoms with E-state index in [4.69, 9.17) is 10.5 Å². The fourth-order valence-corrected chi connectivity index (χ4v) is 4.60. The Balaban J connectivity index is 1.82. The van der Waals surface area contributed by atoms with E-state index in [1.54, 1.807) is 32.9 Å². The molecule has 1 heterocycles. The lowest BCUT2D eigenvalue weighted by molar-refractivity contribution is -0.145. The van der Waals surface area contributed by atoms with Crippen LogP contribution >= 0.6 is 0 Å². The van der Waals surface area contributed by atoms with Crippen LogP contribution in [-0.2, 0) is 20.7 Å². The second-order valence-electron chi connectivity index (χ2n) is 9.77. The first-order chi connectivity index (χ1) is 16.4. The van der Waals surface area contributed by atoms with E-state index in [9.17, 15) is 23.9 Å². The van der Waals surface area contributed by atoms with Gasteiger partial charge in [-0.15, -0.1) is 0 Å². The zero-order valence-corrected chi connectivity index (χ0v) is 20.2. The van der Waals surface area contributed by atoms with Gasteiger partial charge in [0.25, 0.3) is 0 Å². The number of benzene rings is 2. The molecule has 0 saturated carbocycles. The van der Waals surface area contributed by atoms with Crippen LogP contribution in [0, 0.1) is 5.82 Å². The van der Waals surface area contributed by atoms with Gasteiger partial charge in [-0.05, 0) is 49.6 Å². The standard InChI is InChI=1S/C26H32FN3O5/c1-25(2,3)30(24(33)34)26(12-14-35-15-13-26)23(32)29-21(22(28)31)16-17-4-6-18(7-5-17)19-8-10-20(27)11-9-19/h4-11,21H,12-16H2,1-3H3,(H2,28,31)(H,29,32)(H,33,34)/t21-/m0/s1. The average Bonchev–Trinajstić information content (AvgIpc) is 2.79. The molecule has 1 fully saturated rings. The largest absolute Gasteiger partial charge is 0.465 e. The molecule has 4 N–H and O–H groups in total. The van der Waals surface area contributed by atoms with Crippen LogP contribution in [0.4, 0.5) is 9.18 Å². The molecule has 1 aliphatic heterocycles. The van der Waals surface area contributed by atoms with Crippen molar-refractivity contribution in [2.24, 2.45) is 5.73 Å². The van der Waals surface area contributed by atoms with E-state index < -0.39 is 35.0 Å². The predicted molar refractivity (Wildman–Crippen MR) is 129 cm³/mol. The van der Waals surface area contributed by atoms with Crippen LogP contribution in [0.15, 0.2) is 48.5 Å². The number of nitrogens with two attached hydrogens (primary N) is 1. The number of carbonyl (C=O) groups excluding carboxylic acids is 2. The summed E-state index contributed by atoms with van der Waals surface area (Å²) < 4.78 is 18.6. The molecule has 9 heteroatoms. The number of primary amides is 1. The molecule has 8 nitrogen and oxygen atoms in total. The number of hydrogen-bond acceptors (Lipinski definition) is 4. The summed E-state index contributed by atoms with van der Waals surface area (Å²) in [6, 6.07) is 12.4. The molecule has 35 heavy (non-hydrogen) atoms. The molecule has 1 atom stereocenters. The monoisotopic (exact) mass is 485 g/mol. The Morgan fingerprint density at radius 2 is 1.57 bits per heavy atom. The second-order valence-corrected chi connectivity index (χ2v) is 9.77. The van der Waals surface area contributed by atoms with Crippen molar-refractivity contribution in [2.75, 3.05) is 13.2 Å². The van der Waals surface area contributed by atoms with Crippen LogP contribution in [-0.4, -0.2) is 58.2 Å². The summed E-state index contributed by atoms with van der Waals surface area (Å²) in [5, 5.41) is 12.7. The third kappa shape index (κ3) is 5.97. The highest BCUT2D eigenvalue weighted by Crippen LogP contribution is 2.34. The minimum Gasteiger partial charge on any atom is -0.465 e. The Bertz CT molecular complexity index is 1060. The maximum atomic E-state index is 13.6. The Morgan fingerprint density at radius 1 is 1.06 bits per heavy atom. The third-order valence-corrected chi connectivity index (χ3v) is 6.25. The number of hydrogen-bond donors (Lipinski definition) is 3. The first-order valence-electron chi connectivity index (χ1n) is 11.5. The molecule has 0 aliphatic carbocycles. The SMILES string of the molecule is CC(C)(C)N(C(=O)O)C1(C(=O)N[C@@H](Cc2ccc(-c3ccc(F)cc3)cc2)C(N)=O)CCOCC1. The van der Waals surface area contributed by atoms with Gasteiger partial charge in [-0.1, -0.05) is 36.4 Å². The Hall–Kier alpha value is -3.46. The molecule has 3 rings (SSSR count).